The number of rotatable bonds is 8. The molecule has 0 aliphatic carbocycles. The third-order valence-electron chi connectivity index (χ3n) is 3.84. The first-order valence-corrected chi connectivity index (χ1v) is 11.1. The molecule has 0 fully saturated rings. The average molecular weight is 455 g/mol. The number of nitrogens with zero attached hydrogens (tertiary/aromatic N) is 1. The Morgan fingerprint density at radius 3 is 2.41 bits per heavy atom. The highest BCUT2D eigenvalue weighted by Crippen LogP contribution is 2.24. The van der Waals surface area contributed by atoms with E-state index in [1.54, 1.807) is 18.2 Å². The van der Waals surface area contributed by atoms with Crippen LogP contribution in [0.5, 0.6) is 5.75 Å². The second-order valence-corrected chi connectivity index (χ2v) is 8.82. The van der Waals surface area contributed by atoms with Crippen LogP contribution in [0.25, 0.3) is 0 Å². The number of carbonyl (C=O) groups is 1. The van der Waals surface area contributed by atoms with Gasteiger partial charge in [-0.15, -0.1) is 0 Å². The van der Waals surface area contributed by atoms with Crippen LogP contribution in [-0.4, -0.2) is 33.7 Å². The zero-order valence-corrected chi connectivity index (χ0v) is 17.9. The Balaban J connectivity index is 2.04. The summed E-state index contributed by atoms with van der Waals surface area (Å²) < 4.78 is 31.7. The predicted octanol–water partition coefficient (Wildman–Crippen LogP) is 3.24. The molecule has 0 spiro atoms. The summed E-state index contributed by atoms with van der Waals surface area (Å²) in [5, 5.41) is 2.75. The number of hydrogen-bond donors (Lipinski definition) is 1. The summed E-state index contributed by atoms with van der Waals surface area (Å²) in [7, 11) is -3.60. The van der Waals surface area contributed by atoms with Crippen molar-refractivity contribution in [3.8, 4) is 5.75 Å². The molecule has 27 heavy (non-hydrogen) atoms. The molecule has 0 atom stereocenters. The fraction of sp³-hybridized carbons (Fsp3) is 0.316. The Morgan fingerprint density at radius 1 is 1.19 bits per heavy atom. The largest absolute Gasteiger partial charge is 0.494 e. The molecule has 0 saturated carbocycles. The van der Waals surface area contributed by atoms with Gasteiger partial charge in [-0.25, -0.2) is 8.42 Å². The molecule has 0 radical (unpaired) electrons. The van der Waals surface area contributed by atoms with Gasteiger partial charge < -0.3 is 10.1 Å². The number of ether oxygens (including phenoxy) is 1. The molecule has 0 saturated heterocycles. The van der Waals surface area contributed by atoms with Crippen molar-refractivity contribution in [2.24, 2.45) is 0 Å². The molecule has 0 aliphatic rings. The van der Waals surface area contributed by atoms with Crippen LogP contribution < -0.4 is 14.4 Å². The molecule has 1 N–H and O–H groups in total. The van der Waals surface area contributed by atoms with Crippen molar-refractivity contribution >= 4 is 37.5 Å². The van der Waals surface area contributed by atoms with Crippen LogP contribution in [0.1, 0.15) is 18.1 Å². The number of benzene rings is 2. The third kappa shape index (κ3) is 6.25. The van der Waals surface area contributed by atoms with Crippen LogP contribution in [0.2, 0.25) is 0 Å². The molecule has 8 heteroatoms. The van der Waals surface area contributed by atoms with Gasteiger partial charge in [0.15, 0.2) is 0 Å². The number of amides is 1. The van der Waals surface area contributed by atoms with Crippen LogP contribution in [0.3, 0.4) is 0 Å². The number of halogens is 1. The van der Waals surface area contributed by atoms with Gasteiger partial charge in [-0.1, -0.05) is 28.1 Å². The van der Waals surface area contributed by atoms with Crippen LogP contribution >= 0.6 is 15.9 Å². The van der Waals surface area contributed by atoms with E-state index in [1.807, 2.05) is 38.1 Å². The van der Waals surface area contributed by atoms with Gasteiger partial charge in [0.1, 0.15) is 12.3 Å². The van der Waals surface area contributed by atoms with Gasteiger partial charge in [-0.2, -0.15) is 0 Å². The summed E-state index contributed by atoms with van der Waals surface area (Å²) in [6.07, 6.45) is 1.09. The standard InChI is InChI=1S/C19H23BrN2O4S/c1-4-26-17-8-5-15(6-9-17)12-21-19(23)13-22(27(3,24)25)16-7-10-18(20)14(2)11-16/h5-11H,4,12-13H2,1-3H3,(H,21,23). The summed E-state index contributed by atoms with van der Waals surface area (Å²) in [5.74, 6) is 0.385. The Kier molecular flexibility index (Phi) is 7.26. The van der Waals surface area contributed by atoms with E-state index < -0.39 is 10.0 Å². The topological polar surface area (TPSA) is 75.7 Å². The summed E-state index contributed by atoms with van der Waals surface area (Å²) in [6, 6.07) is 12.5. The van der Waals surface area contributed by atoms with Gasteiger partial charge in [0.05, 0.1) is 18.6 Å². The maximum absolute atomic E-state index is 12.3. The number of anilines is 1. The van der Waals surface area contributed by atoms with Crippen molar-refractivity contribution < 1.29 is 17.9 Å². The van der Waals surface area contributed by atoms with E-state index >= 15 is 0 Å². The monoisotopic (exact) mass is 454 g/mol. The summed E-state index contributed by atoms with van der Waals surface area (Å²) in [4.78, 5) is 12.3. The molecule has 0 aromatic heterocycles. The first kappa shape index (κ1) is 21.2. The van der Waals surface area contributed by atoms with E-state index in [1.165, 1.54) is 0 Å². The van der Waals surface area contributed by atoms with E-state index in [9.17, 15) is 13.2 Å². The van der Waals surface area contributed by atoms with Gasteiger partial charge in [0.25, 0.3) is 0 Å². The molecular formula is C19H23BrN2O4S. The van der Waals surface area contributed by atoms with E-state index in [0.717, 1.165) is 31.9 Å². The second-order valence-electron chi connectivity index (χ2n) is 6.06. The number of nitrogens with one attached hydrogen (secondary N) is 1. The van der Waals surface area contributed by atoms with Gasteiger partial charge in [0.2, 0.25) is 15.9 Å². The Hall–Kier alpha value is -2.06. The highest BCUT2D eigenvalue weighted by Gasteiger charge is 2.21. The molecule has 0 unspecified atom stereocenters. The lowest BCUT2D eigenvalue weighted by molar-refractivity contribution is -0.119. The summed E-state index contributed by atoms with van der Waals surface area (Å²) in [5.41, 5.74) is 2.24. The summed E-state index contributed by atoms with van der Waals surface area (Å²) >= 11 is 3.39. The molecule has 2 rings (SSSR count). The highest BCUT2D eigenvalue weighted by atomic mass is 79.9. The molecular weight excluding hydrogens is 432 g/mol. The average Bonchev–Trinajstić information content (AvgIpc) is 2.61. The Morgan fingerprint density at radius 2 is 1.85 bits per heavy atom. The predicted molar refractivity (Wildman–Crippen MR) is 111 cm³/mol. The van der Waals surface area contributed by atoms with E-state index in [2.05, 4.69) is 21.2 Å². The lowest BCUT2D eigenvalue weighted by atomic mass is 10.2. The Labute approximate surface area is 168 Å². The minimum absolute atomic E-state index is 0.281. The van der Waals surface area contributed by atoms with Crippen LogP contribution in [0.15, 0.2) is 46.9 Å². The second kappa shape index (κ2) is 9.23. The van der Waals surface area contributed by atoms with Crippen molar-refractivity contribution in [1.82, 2.24) is 5.32 Å². The van der Waals surface area contributed by atoms with Gasteiger partial charge in [0, 0.05) is 11.0 Å². The molecule has 1 amide bonds. The van der Waals surface area contributed by atoms with Crippen molar-refractivity contribution in [1.29, 1.82) is 0 Å². The summed E-state index contributed by atoms with van der Waals surface area (Å²) in [6.45, 7) is 4.39. The smallest absolute Gasteiger partial charge is 0.241 e. The fourth-order valence-electron chi connectivity index (χ4n) is 2.44. The molecule has 146 valence electrons. The van der Waals surface area contributed by atoms with Crippen LogP contribution in [-0.2, 0) is 21.4 Å². The lowest BCUT2D eigenvalue weighted by Crippen LogP contribution is -2.40. The molecule has 6 nitrogen and oxygen atoms in total. The van der Waals surface area contributed by atoms with Gasteiger partial charge in [-0.3, -0.25) is 9.10 Å². The molecule has 0 bridgehead atoms. The van der Waals surface area contributed by atoms with Crippen molar-refractivity contribution in [2.45, 2.75) is 20.4 Å². The van der Waals surface area contributed by atoms with Crippen LogP contribution in [0, 0.1) is 6.92 Å². The minimum Gasteiger partial charge on any atom is -0.494 e. The maximum atomic E-state index is 12.3. The maximum Gasteiger partial charge on any atom is 0.241 e. The zero-order chi connectivity index (χ0) is 20.0. The van der Waals surface area contributed by atoms with Crippen molar-refractivity contribution in [3.05, 3.63) is 58.1 Å². The molecule has 0 aliphatic heterocycles. The molecule has 2 aromatic carbocycles. The Bertz CT molecular complexity index is 898. The van der Waals surface area contributed by atoms with Crippen molar-refractivity contribution in [2.75, 3.05) is 23.7 Å². The number of hydrogen-bond acceptors (Lipinski definition) is 4. The van der Waals surface area contributed by atoms with E-state index in [-0.39, 0.29) is 12.5 Å². The highest BCUT2D eigenvalue weighted by molar-refractivity contribution is 9.10. The lowest BCUT2D eigenvalue weighted by Gasteiger charge is -2.22. The quantitative estimate of drug-likeness (QED) is 0.663. The van der Waals surface area contributed by atoms with E-state index in [0.29, 0.717) is 18.8 Å². The number of carbonyl (C=O) groups excluding carboxylic acids is 1. The first-order chi connectivity index (χ1) is 12.7. The molecule has 2 aromatic rings. The normalized spacial score (nSPS) is 11.1. The first-order valence-electron chi connectivity index (χ1n) is 8.43. The SMILES string of the molecule is CCOc1ccc(CNC(=O)CN(c2ccc(Br)c(C)c2)S(C)(=O)=O)cc1. The molecule has 0 heterocycles. The third-order valence-corrected chi connectivity index (χ3v) is 5.87. The van der Waals surface area contributed by atoms with Crippen LogP contribution in [0.4, 0.5) is 5.69 Å². The number of sulfonamides is 1. The number of aryl methyl sites for hydroxylation is 1. The minimum atomic E-state index is -3.60. The van der Waals surface area contributed by atoms with Gasteiger partial charge >= 0.3 is 0 Å². The van der Waals surface area contributed by atoms with E-state index in [4.69, 9.17) is 4.74 Å². The zero-order valence-electron chi connectivity index (χ0n) is 15.5. The van der Waals surface area contributed by atoms with Gasteiger partial charge in [-0.05, 0) is 55.3 Å². The fourth-order valence-corrected chi connectivity index (χ4v) is 3.54. The van der Waals surface area contributed by atoms with Crippen molar-refractivity contribution in [3.63, 3.8) is 0 Å².